The molecule has 156 valence electrons. The standard InChI is InChI=1S/C23H32N4O2/c1-4-7-22(29-21-9-6-8-18(15-21)23(24)25)16-26-19-10-12-20(13-11-19)27(14-5-2)17(3)28/h6,8-13,15,22,26H,4-5,7,14,16H2,1-3H3,(H3,24,25). The predicted molar refractivity (Wildman–Crippen MR) is 120 cm³/mol. The average molecular weight is 397 g/mol. The van der Waals surface area contributed by atoms with E-state index in [-0.39, 0.29) is 17.8 Å². The van der Waals surface area contributed by atoms with Gasteiger partial charge in [0, 0.05) is 30.4 Å². The van der Waals surface area contributed by atoms with Crippen LogP contribution in [0, 0.1) is 5.41 Å². The topological polar surface area (TPSA) is 91.4 Å². The van der Waals surface area contributed by atoms with E-state index in [9.17, 15) is 4.79 Å². The summed E-state index contributed by atoms with van der Waals surface area (Å²) in [5.41, 5.74) is 8.12. The third-order valence-corrected chi connectivity index (χ3v) is 4.60. The number of nitrogens with one attached hydrogen (secondary N) is 2. The van der Waals surface area contributed by atoms with Gasteiger partial charge in [-0.05, 0) is 49.2 Å². The molecule has 2 aromatic rings. The quantitative estimate of drug-likeness (QED) is 0.388. The highest BCUT2D eigenvalue weighted by atomic mass is 16.5. The first-order valence-corrected chi connectivity index (χ1v) is 10.2. The van der Waals surface area contributed by atoms with Gasteiger partial charge in [0.2, 0.25) is 5.91 Å². The number of anilines is 2. The van der Waals surface area contributed by atoms with Crippen molar-refractivity contribution in [2.45, 2.75) is 46.1 Å². The molecule has 0 aliphatic heterocycles. The lowest BCUT2D eigenvalue weighted by Crippen LogP contribution is -2.29. The molecule has 0 fully saturated rings. The van der Waals surface area contributed by atoms with Gasteiger partial charge in [-0.15, -0.1) is 0 Å². The number of nitrogen functional groups attached to an aromatic ring is 1. The van der Waals surface area contributed by atoms with Crippen molar-refractivity contribution in [3.05, 3.63) is 54.1 Å². The summed E-state index contributed by atoms with van der Waals surface area (Å²) >= 11 is 0. The summed E-state index contributed by atoms with van der Waals surface area (Å²) in [6, 6.07) is 15.2. The van der Waals surface area contributed by atoms with Gasteiger partial charge in [0.15, 0.2) is 0 Å². The number of nitrogens with two attached hydrogens (primary N) is 1. The first-order chi connectivity index (χ1) is 13.9. The smallest absolute Gasteiger partial charge is 0.223 e. The van der Waals surface area contributed by atoms with E-state index in [1.807, 2.05) is 36.4 Å². The van der Waals surface area contributed by atoms with Gasteiger partial charge >= 0.3 is 0 Å². The molecule has 0 heterocycles. The summed E-state index contributed by atoms with van der Waals surface area (Å²) in [5, 5.41) is 11.0. The van der Waals surface area contributed by atoms with Crippen LogP contribution in [0.3, 0.4) is 0 Å². The number of amidine groups is 1. The fourth-order valence-corrected chi connectivity index (χ4v) is 3.14. The number of carbonyl (C=O) groups excluding carboxylic acids is 1. The minimum absolute atomic E-state index is 0.00399. The molecule has 1 atom stereocenters. The molecule has 0 spiro atoms. The molecule has 4 N–H and O–H groups in total. The van der Waals surface area contributed by atoms with Gasteiger partial charge in [-0.25, -0.2) is 0 Å². The molecule has 0 bridgehead atoms. The molecule has 1 amide bonds. The molecular weight excluding hydrogens is 364 g/mol. The van der Waals surface area contributed by atoms with Crippen LogP contribution in [0.5, 0.6) is 5.75 Å². The van der Waals surface area contributed by atoms with Crippen molar-refractivity contribution in [1.29, 1.82) is 5.41 Å². The molecule has 6 nitrogen and oxygen atoms in total. The van der Waals surface area contributed by atoms with Crippen LogP contribution in [-0.4, -0.2) is 30.9 Å². The van der Waals surface area contributed by atoms with Gasteiger partial charge in [-0.3, -0.25) is 10.2 Å². The fraction of sp³-hybridized carbons (Fsp3) is 0.391. The van der Waals surface area contributed by atoms with Crippen molar-refractivity contribution in [3.63, 3.8) is 0 Å². The van der Waals surface area contributed by atoms with Gasteiger partial charge in [0.25, 0.3) is 0 Å². The number of benzene rings is 2. The number of nitrogens with zero attached hydrogens (tertiary/aromatic N) is 1. The van der Waals surface area contributed by atoms with Crippen LogP contribution < -0.4 is 20.7 Å². The Morgan fingerprint density at radius 3 is 2.48 bits per heavy atom. The van der Waals surface area contributed by atoms with Crippen LogP contribution in [0.15, 0.2) is 48.5 Å². The Bertz CT molecular complexity index is 805. The highest BCUT2D eigenvalue weighted by Gasteiger charge is 2.12. The van der Waals surface area contributed by atoms with Crippen LogP contribution in [0.2, 0.25) is 0 Å². The zero-order valence-electron chi connectivity index (χ0n) is 17.6. The molecular formula is C23H32N4O2. The zero-order chi connectivity index (χ0) is 21.2. The molecule has 0 saturated carbocycles. The second-order valence-electron chi connectivity index (χ2n) is 7.07. The SMILES string of the molecule is CCCC(CNc1ccc(N(CCC)C(C)=O)cc1)Oc1cccc(C(=N)N)c1. The average Bonchev–Trinajstić information content (AvgIpc) is 2.71. The lowest BCUT2D eigenvalue weighted by Gasteiger charge is -2.22. The van der Waals surface area contributed by atoms with E-state index in [1.165, 1.54) is 0 Å². The molecule has 0 radical (unpaired) electrons. The molecule has 0 aliphatic carbocycles. The fourth-order valence-electron chi connectivity index (χ4n) is 3.14. The lowest BCUT2D eigenvalue weighted by atomic mass is 10.1. The van der Waals surface area contributed by atoms with Crippen LogP contribution >= 0.6 is 0 Å². The number of ether oxygens (including phenoxy) is 1. The molecule has 6 heteroatoms. The lowest BCUT2D eigenvalue weighted by molar-refractivity contribution is -0.116. The largest absolute Gasteiger partial charge is 0.489 e. The van der Waals surface area contributed by atoms with E-state index in [0.717, 1.165) is 30.6 Å². The molecule has 0 aromatic heterocycles. The summed E-state index contributed by atoms with van der Waals surface area (Å²) in [6.07, 6.45) is 2.82. The van der Waals surface area contributed by atoms with Crippen LogP contribution in [0.1, 0.15) is 45.6 Å². The number of rotatable bonds is 11. The van der Waals surface area contributed by atoms with Crippen molar-refractivity contribution >= 4 is 23.1 Å². The molecule has 1 unspecified atom stereocenters. The highest BCUT2D eigenvalue weighted by molar-refractivity contribution is 5.95. The molecule has 2 rings (SSSR count). The van der Waals surface area contributed by atoms with Gasteiger partial charge in [0.1, 0.15) is 17.7 Å². The van der Waals surface area contributed by atoms with Crippen LogP contribution in [0.25, 0.3) is 0 Å². The van der Waals surface area contributed by atoms with Crippen molar-refractivity contribution in [1.82, 2.24) is 0 Å². The van der Waals surface area contributed by atoms with Gasteiger partial charge in [0.05, 0.1) is 6.54 Å². The van der Waals surface area contributed by atoms with E-state index >= 15 is 0 Å². The predicted octanol–water partition coefficient (Wildman–Crippen LogP) is 4.39. The summed E-state index contributed by atoms with van der Waals surface area (Å²) < 4.78 is 6.13. The minimum Gasteiger partial charge on any atom is -0.489 e. The normalized spacial score (nSPS) is 11.6. The molecule has 2 aromatic carbocycles. The Hall–Kier alpha value is -3.02. The summed E-state index contributed by atoms with van der Waals surface area (Å²) in [7, 11) is 0. The number of hydrogen-bond donors (Lipinski definition) is 3. The minimum atomic E-state index is -0.00399. The van der Waals surface area contributed by atoms with Crippen molar-refractivity contribution in [2.75, 3.05) is 23.3 Å². The number of amides is 1. The first kappa shape index (κ1) is 22.3. The maximum absolute atomic E-state index is 11.8. The van der Waals surface area contributed by atoms with Gasteiger partial charge in [-0.2, -0.15) is 0 Å². The molecule has 0 saturated heterocycles. The Morgan fingerprint density at radius 2 is 1.90 bits per heavy atom. The Kier molecular flexibility index (Phi) is 8.52. The summed E-state index contributed by atoms with van der Waals surface area (Å²) in [4.78, 5) is 13.6. The third kappa shape index (κ3) is 6.82. The van der Waals surface area contributed by atoms with Crippen LogP contribution in [-0.2, 0) is 4.79 Å². The van der Waals surface area contributed by atoms with E-state index < -0.39 is 0 Å². The molecule has 0 aliphatic rings. The maximum atomic E-state index is 11.8. The summed E-state index contributed by atoms with van der Waals surface area (Å²) in [6.45, 7) is 7.15. The van der Waals surface area contributed by atoms with Crippen molar-refractivity contribution in [3.8, 4) is 5.75 Å². The van der Waals surface area contributed by atoms with E-state index in [4.69, 9.17) is 15.9 Å². The van der Waals surface area contributed by atoms with E-state index in [0.29, 0.717) is 24.4 Å². The maximum Gasteiger partial charge on any atom is 0.223 e. The number of carbonyl (C=O) groups is 1. The molecule has 29 heavy (non-hydrogen) atoms. The highest BCUT2D eigenvalue weighted by Crippen LogP contribution is 2.20. The third-order valence-electron chi connectivity index (χ3n) is 4.60. The summed E-state index contributed by atoms with van der Waals surface area (Å²) in [5.74, 6) is 0.796. The Morgan fingerprint density at radius 1 is 1.17 bits per heavy atom. The second-order valence-corrected chi connectivity index (χ2v) is 7.07. The zero-order valence-corrected chi connectivity index (χ0v) is 17.6. The Labute approximate surface area is 173 Å². The Balaban J connectivity index is 2.00. The first-order valence-electron chi connectivity index (χ1n) is 10.2. The van der Waals surface area contributed by atoms with Gasteiger partial charge in [-0.1, -0.05) is 32.4 Å². The van der Waals surface area contributed by atoms with Gasteiger partial charge < -0.3 is 20.7 Å². The monoisotopic (exact) mass is 396 g/mol. The second kappa shape index (κ2) is 11.1. The van der Waals surface area contributed by atoms with E-state index in [1.54, 1.807) is 24.0 Å². The van der Waals surface area contributed by atoms with Crippen molar-refractivity contribution in [2.24, 2.45) is 5.73 Å². The van der Waals surface area contributed by atoms with E-state index in [2.05, 4.69) is 19.2 Å². The van der Waals surface area contributed by atoms with Crippen LogP contribution in [0.4, 0.5) is 11.4 Å². The van der Waals surface area contributed by atoms with Crippen molar-refractivity contribution < 1.29 is 9.53 Å². The number of hydrogen-bond acceptors (Lipinski definition) is 4.